The third kappa shape index (κ3) is 21.3. The van der Waals surface area contributed by atoms with Gasteiger partial charge in [0, 0.05) is 49.1 Å². The van der Waals surface area contributed by atoms with Gasteiger partial charge >= 0.3 is 6.03 Å². The van der Waals surface area contributed by atoms with Crippen molar-refractivity contribution in [3.63, 3.8) is 0 Å². The lowest BCUT2D eigenvalue weighted by molar-refractivity contribution is -0.137. The predicted molar refractivity (Wildman–Crippen MR) is 226 cm³/mol. The fourth-order valence-corrected chi connectivity index (χ4v) is 8.46. The molecule has 63 heavy (non-hydrogen) atoms. The molecule has 2 saturated heterocycles. The minimum Gasteiger partial charge on any atom is -0.370 e. The van der Waals surface area contributed by atoms with Gasteiger partial charge in [-0.2, -0.15) is 11.8 Å². The summed E-state index contributed by atoms with van der Waals surface area (Å²) in [4.78, 5) is 136. The number of unbranched alkanes of at least 4 members (excludes halogenated alkanes) is 2. The summed E-state index contributed by atoms with van der Waals surface area (Å²) in [5, 5.41) is 29.8. The van der Waals surface area contributed by atoms with Crippen molar-refractivity contribution in [1.29, 1.82) is 0 Å². The average molecular weight is 913 g/mol. The third-order valence-corrected chi connectivity index (χ3v) is 11.7. The number of rotatable bonds is 31. The number of hydrogen-bond donors (Lipinski definition) is 13. The molecule has 25 heteroatoms. The van der Waals surface area contributed by atoms with E-state index in [0.717, 1.165) is 18.6 Å². The van der Waals surface area contributed by atoms with Crippen molar-refractivity contribution in [1.82, 2.24) is 48.0 Å². The maximum absolute atomic E-state index is 13.4. The van der Waals surface area contributed by atoms with Gasteiger partial charge in [-0.1, -0.05) is 20.3 Å². The molecule has 24 nitrogen and oxygen atoms in total. The highest BCUT2D eigenvalue weighted by molar-refractivity contribution is 8.00. The minimum absolute atomic E-state index is 0.0746. The quantitative estimate of drug-likeness (QED) is 0.0138. The maximum Gasteiger partial charge on any atom is 0.315 e. The molecule has 2 heterocycles. The third-order valence-electron chi connectivity index (χ3n) is 10.2. The number of urea groups is 1. The van der Waals surface area contributed by atoms with E-state index in [2.05, 4.69) is 42.5 Å². The molecule has 0 bridgehead atoms. The molecule has 0 aromatic rings. The van der Waals surface area contributed by atoms with E-state index in [4.69, 9.17) is 22.4 Å². The van der Waals surface area contributed by atoms with E-state index in [1.807, 2.05) is 11.8 Å². The molecule has 1 unspecified atom stereocenters. The number of carbonyl (C=O) groups is 11. The summed E-state index contributed by atoms with van der Waals surface area (Å²) < 4.78 is 0. The lowest BCUT2D eigenvalue weighted by Crippen LogP contribution is -2.55. The Bertz CT molecular complexity index is 1650. The molecule has 12 amide bonds. The number of primary amides is 3. The van der Waals surface area contributed by atoms with Crippen molar-refractivity contribution in [3.05, 3.63) is 0 Å². The Hall–Kier alpha value is -5.72. The molecule has 0 aromatic carbocycles. The number of nitrogens with two attached hydrogens (primary N) is 3. The van der Waals surface area contributed by atoms with Crippen molar-refractivity contribution in [2.24, 2.45) is 29.0 Å². The van der Waals surface area contributed by atoms with Crippen LogP contribution in [-0.2, 0) is 47.9 Å². The number of nitrogens with one attached hydrogen (secondary N) is 9. The molecule has 2 fully saturated rings. The Morgan fingerprint density at radius 2 is 1.32 bits per heavy atom. The van der Waals surface area contributed by atoms with Crippen LogP contribution in [0.4, 0.5) is 4.79 Å². The number of hydrogen-bond acceptors (Lipinski definition) is 13. The highest BCUT2D eigenvalue weighted by atomic mass is 32.2. The van der Waals surface area contributed by atoms with Crippen LogP contribution in [-0.4, -0.2) is 131 Å². The second kappa shape index (κ2) is 28.1. The van der Waals surface area contributed by atoms with Gasteiger partial charge in [-0.15, -0.1) is 0 Å². The Balaban J connectivity index is 1.80. The fraction of sp³-hybridized carbons (Fsp3) is 0.711. The molecule has 16 N–H and O–H groups in total. The van der Waals surface area contributed by atoms with Gasteiger partial charge in [-0.25, -0.2) is 10.3 Å². The topological polar surface area (TPSA) is 394 Å². The van der Waals surface area contributed by atoms with Crippen LogP contribution in [0.3, 0.4) is 0 Å². The van der Waals surface area contributed by atoms with Gasteiger partial charge in [-0.3, -0.25) is 53.2 Å². The van der Waals surface area contributed by atoms with Crippen LogP contribution in [0, 0.1) is 11.8 Å². The highest BCUT2D eigenvalue weighted by Crippen LogP contribution is 2.33. The average Bonchev–Trinajstić information content (AvgIpc) is 3.77. The highest BCUT2D eigenvalue weighted by Gasteiger charge is 2.42. The Labute approximate surface area is 369 Å². The van der Waals surface area contributed by atoms with Crippen molar-refractivity contribution < 1.29 is 57.9 Å². The largest absolute Gasteiger partial charge is 0.370 e. The van der Waals surface area contributed by atoms with Gasteiger partial charge in [0.15, 0.2) is 0 Å². The summed E-state index contributed by atoms with van der Waals surface area (Å²) in [6.07, 6.45) is 2.31. The molecule has 0 aliphatic carbocycles. The van der Waals surface area contributed by atoms with Crippen molar-refractivity contribution in [3.8, 4) is 0 Å². The second-order valence-electron chi connectivity index (χ2n) is 15.9. The Morgan fingerprint density at radius 3 is 1.94 bits per heavy atom. The molecular formula is C38H64N12O12S. The van der Waals surface area contributed by atoms with Crippen molar-refractivity contribution in [2.45, 2.75) is 133 Å². The molecule has 354 valence electrons. The van der Waals surface area contributed by atoms with Gasteiger partial charge in [0.25, 0.3) is 0 Å². The van der Waals surface area contributed by atoms with Crippen LogP contribution < -0.4 is 65.2 Å². The Kier molecular flexibility index (Phi) is 23.8. The van der Waals surface area contributed by atoms with E-state index >= 15 is 0 Å². The molecule has 7 atom stereocenters. The first kappa shape index (κ1) is 53.4. The first-order valence-electron chi connectivity index (χ1n) is 21.0. The van der Waals surface area contributed by atoms with Crippen LogP contribution in [0.5, 0.6) is 0 Å². The summed E-state index contributed by atoms with van der Waals surface area (Å²) in [5.41, 5.74) is 17.4. The Morgan fingerprint density at radius 1 is 0.683 bits per heavy atom. The zero-order valence-corrected chi connectivity index (χ0v) is 36.5. The second-order valence-corrected chi connectivity index (χ2v) is 17.2. The molecule has 0 spiro atoms. The summed E-state index contributed by atoms with van der Waals surface area (Å²) >= 11 is 1.82. The number of amides is 12. The van der Waals surface area contributed by atoms with Gasteiger partial charge in [0.1, 0.15) is 18.1 Å². The van der Waals surface area contributed by atoms with E-state index in [0.29, 0.717) is 37.5 Å². The summed E-state index contributed by atoms with van der Waals surface area (Å²) in [6.45, 7) is 2.64. The van der Waals surface area contributed by atoms with E-state index in [1.165, 1.54) is 5.48 Å². The number of thioether (sulfide) groups is 1. The van der Waals surface area contributed by atoms with Crippen LogP contribution >= 0.6 is 11.8 Å². The molecule has 0 radical (unpaired) electrons. The van der Waals surface area contributed by atoms with E-state index < -0.39 is 96.7 Å². The number of fused-ring (bicyclic) bond motifs is 1. The van der Waals surface area contributed by atoms with E-state index in [1.54, 1.807) is 13.8 Å². The zero-order chi connectivity index (χ0) is 47.1. The van der Waals surface area contributed by atoms with E-state index in [9.17, 15) is 52.7 Å². The molecule has 0 aromatic heterocycles. The smallest absolute Gasteiger partial charge is 0.315 e. The number of carbonyl (C=O) groups excluding carboxylic acids is 11. The van der Waals surface area contributed by atoms with Gasteiger partial charge < -0.3 is 59.7 Å². The lowest BCUT2D eigenvalue weighted by Gasteiger charge is -2.25. The van der Waals surface area contributed by atoms with Crippen molar-refractivity contribution in [2.75, 3.05) is 25.4 Å². The van der Waals surface area contributed by atoms with Gasteiger partial charge in [0.2, 0.25) is 59.1 Å². The monoisotopic (exact) mass is 912 g/mol. The molecular weight excluding hydrogens is 849 g/mol. The first-order chi connectivity index (χ1) is 29.8. The summed E-state index contributed by atoms with van der Waals surface area (Å²) in [7, 11) is 0. The normalized spacial score (nSPS) is 18.2. The van der Waals surface area contributed by atoms with Crippen LogP contribution in [0.2, 0.25) is 0 Å². The van der Waals surface area contributed by atoms with Crippen LogP contribution in [0.1, 0.15) is 97.3 Å². The molecule has 2 aliphatic heterocycles. The van der Waals surface area contributed by atoms with E-state index in [-0.39, 0.29) is 68.5 Å². The fourth-order valence-electron chi connectivity index (χ4n) is 6.92. The molecule has 2 rings (SSSR count). The standard InChI is InChI=1S/C38H64N12O12S/c1-20(2)15-21(16-30(54)50-62)35(58)46-24(11-13-28(40)52)37(60)47-23(10-12-27(39)51)36(59)44-17-31(55)43-18-32(56)45-22(34(41)57)7-5-6-14-42-29(53)9-4-3-8-26-33-25(19-63-26)48-38(61)49-33/h20-26,33,62H,3-19H2,1-2H3,(H2,39,51)(H2,40,52)(H2,41,57)(H,42,53)(H,43,55)(H,44,59)(H,45,56)(H,46,58)(H,47,60)(H,50,54)(H2,48,49,61)/t21?,22-,23-,24-,25-,26-,33-/m0/s1. The van der Waals surface area contributed by atoms with Crippen molar-refractivity contribution >= 4 is 76.9 Å². The molecule has 0 saturated carbocycles. The zero-order valence-electron chi connectivity index (χ0n) is 35.7. The summed E-state index contributed by atoms with van der Waals surface area (Å²) in [6, 6.07) is -3.83. The van der Waals surface area contributed by atoms with Crippen LogP contribution in [0.25, 0.3) is 0 Å². The van der Waals surface area contributed by atoms with Gasteiger partial charge in [0.05, 0.1) is 25.2 Å². The lowest BCUT2D eigenvalue weighted by atomic mass is 9.92. The number of hydroxylamine groups is 1. The first-order valence-corrected chi connectivity index (χ1v) is 22.0. The maximum atomic E-state index is 13.4. The molecule has 2 aliphatic rings. The van der Waals surface area contributed by atoms with Gasteiger partial charge in [-0.05, 0) is 57.3 Å². The van der Waals surface area contributed by atoms with Crippen LogP contribution in [0.15, 0.2) is 0 Å². The SMILES string of the molecule is CC(C)CC(CC(=O)NO)C(=O)N[C@@H](CCC(N)=O)C(=O)N[C@@H](CCC(N)=O)C(=O)NCC(=O)NCC(=O)N[C@@H](CCCCNC(=O)CCCC[C@@H]1SC[C@@H]2NC(=O)N[C@@H]21)C(N)=O. The minimum atomic E-state index is -1.47. The predicted octanol–water partition coefficient (Wildman–Crippen LogP) is -3.74. The summed E-state index contributed by atoms with van der Waals surface area (Å²) in [5.74, 6) is -7.83.